The van der Waals surface area contributed by atoms with Gasteiger partial charge in [-0.1, -0.05) is 11.3 Å². The van der Waals surface area contributed by atoms with E-state index in [1.54, 1.807) is 17.2 Å². The molecule has 10 nitrogen and oxygen atoms in total. The Morgan fingerprint density at radius 2 is 2.06 bits per heavy atom. The molecule has 166 valence electrons. The number of hydrogen-bond acceptors (Lipinski definition) is 9. The van der Waals surface area contributed by atoms with Crippen LogP contribution in [0.4, 0.5) is 10.9 Å². The second kappa shape index (κ2) is 8.67. The number of carbonyl (C=O) groups excluding carboxylic acids is 1. The fourth-order valence-electron chi connectivity index (χ4n) is 3.90. The third kappa shape index (κ3) is 4.08. The van der Waals surface area contributed by atoms with Crippen LogP contribution in [0.2, 0.25) is 0 Å². The van der Waals surface area contributed by atoms with Crippen LogP contribution in [-0.4, -0.2) is 74.9 Å². The molecular formula is C21H24N8O2S. The van der Waals surface area contributed by atoms with E-state index in [4.69, 9.17) is 4.74 Å². The lowest BCUT2D eigenvalue weighted by Crippen LogP contribution is -2.49. The maximum absolute atomic E-state index is 12.6. The van der Waals surface area contributed by atoms with Gasteiger partial charge in [-0.3, -0.25) is 14.4 Å². The summed E-state index contributed by atoms with van der Waals surface area (Å²) < 4.78 is 8.28. The number of thiazole rings is 1. The topological polar surface area (TPSA) is 101 Å². The third-order valence-corrected chi connectivity index (χ3v) is 6.40. The molecular weight excluding hydrogens is 428 g/mol. The molecule has 32 heavy (non-hydrogen) atoms. The number of piperazine rings is 1. The van der Waals surface area contributed by atoms with Crippen LogP contribution in [-0.2, 0) is 11.8 Å². The summed E-state index contributed by atoms with van der Waals surface area (Å²) >= 11 is 1.46. The number of hydrogen-bond donors (Lipinski definition) is 1. The zero-order valence-electron chi connectivity index (χ0n) is 18.0. The number of nitrogens with one attached hydrogen (secondary N) is 1. The van der Waals surface area contributed by atoms with Gasteiger partial charge in [-0.15, -0.1) is 0 Å². The molecule has 0 radical (unpaired) electrons. The Bertz CT molecular complexity index is 1260. The van der Waals surface area contributed by atoms with Gasteiger partial charge in [-0.05, 0) is 25.1 Å². The molecule has 0 saturated carbocycles. The molecule has 1 N–H and O–H groups in total. The molecule has 1 amide bonds. The fourth-order valence-corrected chi connectivity index (χ4v) is 4.81. The number of carbonyl (C=O) groups is 1. The number of nitrogens with zero attached hydrogens (tertiary/aromatic N) is 7. The summed E-state index contributed by atoms with van der Waals surface area (Å²) in [6, 6.07) is 5.77. The van der Waals surface area contributed by atoms with Crippen molar-refractivity contribution in [3.63, 3.8) is 0 Å². The molecule has 4 heterocycles. The van der Waals surface area contributed by atoms with Crippen molar-refractivity contribution in [3.8, 4) is 5.75 Å². The molecule has 3 aromatic heterocycles. The number of amides is 1. The molecule has 1 aromatic carbocycles. The van der Waals surface area contributed by atoms with E-state index >= 15 is 0 Å². The zero-order chi connectivity index (χ0) is 22.1. The Morgan fingerprint density at radius 1 is 1.22 bits per heavy atom. The van der Waals surface area contributed by atoms with Crippen molar-refractivity contribution < 1.29 is 9.53 Å². The minimum atomic E-state index is -0.0563. The molecule has 0 aliphatic carbocycles. The van der Waals surface area contributed by atoms with Gasteiger partial charge >= 0.3 is 0 Å². The molecule has 0 spiro atoms. The Hall–Kier alpha value is -3.31. The molecule has 4 aromatic rings. The van der Waals surface area contributed by atoms with E-state index in [9.17, 15) is 4.79 Å². The molecule has 1 aliphatic heterocycles. The summed E-state index contributed by atoms with van der Waals surface area (Å²) in [5, 5.41) is 8.79. The number of rotatable bonds is 6. The molecule has 0 unspecified atom stereocenters. The van der Waals surface area contributed by atoms with Gasteiger partial charge in [0, 0.05) is 33.2 Å². The lowest BCUT2D eigenvalue weighted by Gasteiger charge is -2.35. The molecule has 11 heteroatoms. The Labute approximate surface area is 188 Å². The summed E-state index contributed by atoms with van der Waals surface area (Å²) in [6.07, 6.45) is 3.38. The highest BCUT2D eigenvalue weighted by Crippen LogP contribution is 2.29. The van der Waals surface area contributed by atoms with Gasteiger partial charge in [-0.25, -0.2) is 15.0 Å². The van der Waals surface area contributed by atoms with Crippen LogP contribution >= 0.6 is 11.3 Å². The standard InChI is InChI=1S/C21H24N8O2S/c1-3-31-14-4-5-16-17(10-14)32-21(25-16)26-18(30)12-28-6-8-29(9-7-28)20-15-11-24-27(2)19(15)22-13-23-20/h4-5,10-11,13H,3,6-9,12H2,1-2H3,(H,25,26,30). The highest BCUT2D eigenvalue weighted by Gasteiger charge is 2.22. The largest absolute Gasteiger partial charge is 0.494 e. The average molecular weight is 453 g/mol. The molecule has 0 bridgehead atoms. The lowest BCUT2D eigenvalue weighted by molar-refractivity contribution is -0.117. The van der Waals surface area contributed by atoms with Gasteiger partial charge in [0.05, 0.1) is 35.0 Å². The fraction of sp³-hybridized carbons (Fsp3) is 0.381. The van der Waals surface area contributed by atoms with Crippen molar-refractivity contribution >= 4 is 49.4 Å². The number of fused-ring (bicyclic) bond motifs is 2. The predicted molar refractivity (Wildman–Crippen MR) is 124 cm³/mol. The first kappa shape index (κ1) is 20.6. The van der Waals surface area contributed by atoms with Crippen molar-refractivity contribution in [3.05, 3.63) is 30.7 Å². The van der Waals surface area contributed by atoms with Crippen molar-refractivity contribution in [2.24, 2.45) is 7.05 Å². The number of aryl methyl sites for hydroxylation is 1. The number of aromatic nitrogens is 5. The van der Waals surface area contributed by atoms with Gasteiger partial charge in [0.1, 0.15) is 17.9 Å². The highest BCUT2D eigenvalue weighted by molar-refractivity contribution is 7.22. The number of benzene rings is 1. The van der Waals surface area contributed by atoms with Crippen LogP contribution in [0.5, 0.6) is 5.75 Å². The van der Waals surface area contributed by atoms with Gasteiger partial charge in [0.15, 0.2) is 10.8 Å². The summed E-state index contributed by atoms with van der Waals surface area (Å²) in [4.78, 5) is 30.3. The highest BCUT2D eigenvalue weighted by atomic mass is 32.1. The minimum absolute atomic E-state index is 0.0563. The normalized spacial score (nSPS) is 14.9. The van der Waals surface area contributed by atoms with E-state index in [0.29, 0.717) is 18.3 Å². The SMILES string of the molecule is CCOc1ccc2nc(NC(=O)CN3CCN(c4ncnc5c4cnn5C)CC3)sc2c1. The van der Waals surface area contributed by atoms with E-state index in [2.05, 4.69) is 35.2 Å². The van der Waals surface area contributed by atoms with E-state index < -0.39 is 0 Å². The predicted octanol–water partition coefficient (Wildman–Crippen LogP) is 2.13. The van der Waals surface area contributed by atoms with Crippen LogP contribution < -0.4 is 15.0 Å². The Morgan fingerprint density at radius 3 is 2.88 bits per heavy atom. The number of anilines is 2. The van der Waals surface area contributed by atoms with Crippen LogP contribution in [0.15, 0.2) is 30.7 Å². The molecule has 5 rings (SSSR count). The Kier molecular flexibility index (Phi) is 5.58. The quantitative estimate of drug-likeness (QED) is 0.475. The second-order valence-corrected chi connectivity index (χ2v) is 8.63. The van der Waals surface area contributed by atoms with Crippen molar-refractivity contribution in [1.29, 1.82) is 0 Å². The first-order valence-corrected chi connectivity index (χ1v) is 11.4. The summed E-state index contributed by atoms with van der Waals surface area (Å²) in [6.45, 7) is 6.03. The van der Waals surface area contributed by atoms with Crippen LogP contribution in [0.3, 0.4) is 0 Å². The second-order valence-electron chi connectivity index (χ2n) is 7.60. The maximum atomic E-state index is 12.6. The monoisotopic (exact) mass is 452 g/mol. The minimum Gasteiger partial charge on any atom is -0.494 e. The van der Waals surface area contributed by atoms with Gasteiger partial charge in [0.25, 0.3) is 0 Å². The smallest absolute Gasteiger partial charge is 0.240 e. The Balaban J connectivity index is 1.18. The lowest BCUT2D eigenvalue weighted by atomic mass is 10.2. The van der Waals surface area contributed by atoms with Crippen molar-refractivity contribution in [2.75, 3.05) is 49.5 Å². The van der Waals surface area contributed by atoms with E-state index in [1.807, 2.05) is 32.2 Å². The van der Waals surface area contributed by atoms with Gasteiger partial charge < -0.3 is 15.0 Å². The van der Waals surface area contributed by atoms with Crippen LogP contribution in [0, 0.1) is 0 Å². The molecule has 0 atom stereocenters. The molecule has 1 aliphatic rings. The summed E-state index contributed by atoms with van der Waals surface area (Å²) in [5.74, 6) is 1.65. The first-order valence-electron chi connectivity index (χ1n) is 10.5. The number of ether oxygens (including phenoxy) is 1. The van der Waals surface area contributed by atoms with E-state index in [-0.39, 0.29) is 5.91 Å². The van der Waals surface area contributed by atoms with Crippen molar-refractivity contribution in [2.45, 2.75) is 6.92 Å². The van der Waals surface area contributed by atoms with E-state index in [1.165, 1.54) is 11.3 Å². The third-order valence-electron chi connectivity index (χ3n) is 5.46. The van der Waals surface area contributed by atoms with Gasteiger partial charge in [0.2, 0.25) is 5.91 Å². The first-order chi connectivity index (χ1) is 15.6. The van der Waals surface area contributed by atoms with Crippen LogP contribution in [0.1, 0.15) is 6.92 Å². The zero-order valence-corrected chi connectivity index (χ0v) is 18.8. The van der Waals surface area contributed by atoms with Gasteiger partial charge in [-0.2, -0.15) is 5.10 Å². The summed E-state index contributed by atoms with van der Waals surface area (Å²) in [5.41, 5.74) is 1.68. The molecule has 1 saturated heterocycles. The molecule has 1 fully saturated rings. The van der Waals surface area contributed by atoms with Crippen LogP contribution in [0.25, 0.3) is 21.3 Å². The van der Waals surface area contributed by atoms with Crippen molar-refractivity contribution in [1.82, 2.24) is 29.6 Å². The van der Waals surface area contributed by atoms with E-state index in [0.717, 1.165) is 59.0 Å². The summed E-state index contributed by atoms with van der Waals surface area (Å²) in [7, 11) is 1.87. The average Bonchev–Trinajstić information content (AvgIpc) is 3.37. The maximum Gasteiger partial charge on any atom is 0.240 e.